The Balaban J connectivity index is 0. The van der Waals surface area contributed by atoms with Crippen molar-refractivity contribution in [3.8, 4) is 0 Å². The number of carboxylic acids is 2. The first-order valence-electron chi connectivity index (χ1n) is 5.09. The Labute approximate surface area is 115 Å². The fourth-order valence-electron chi connectivity index (χ4n) is 1.67. The Bertz CT molecular complexity index is 571. The van der Waals surface area contributed by atoms with Crippen molar-refractivity contribution in [3.05, 3.63) is 34.9 Å². The van der Waals surface area contributed by atoms with Gasteiger partial charge in [-0.05, 0) is 17.7 Å². The summed E-state index contributed by atoms with van der Waals surface area (Å²) in [5.74, 6) is -7.63. The number of aromatic carboxylic acids is 2. The Kier molecular flexibility index (Phi) is 4.21. The minimum Gasteiger partial charge on any atom is -1.00 e. The molecule has 0 aliphatic rings. The summed E-state index contributed by atoms with van der Waals surface area (Å²) in [5, 5.41) is 17.4. The van der Waals surface area contributed by atoms with E-state index in [0.717, 1.165) is 0 Å². The molecule has 0 fully saturated rings. The lowest BCUT2D eigenvalue weighted by Gasteiger charge is -2.23. The fourth-order valence-corrected chi connectivity index (χ4v) is 1.67. The van der Waals surface area contributed by atoms with Crippen molar-refractivity contribution >= 4 is 11.9 Å². The topological polar surface area (TPSA) is 74.6 Å². The highest BCUT2D eigenvalue weighted by atomic mass is 19.4. The third-order valence-electron chi connectivity index (χ3n) is 2.49. The van der Waals surface area contributed by atoms with E-state index < -0.39 is 46.9 Å². The zero-order valence-electron chi connectivity index (χ0n) is 11.8. The summed E-state index contributed by atoms with van der Waals surface area (Å²) in [6, 6.07) is 0.755. The van der Waals surface area contributed by atoms with Crippen molar-refractivity contribution in [2.45, 2.75) is 18.3 Å². The van der Waals surface area contributed by atoms with Gasteiger partial charge in [-0.1, -0.05) is 6.07 Å². The Hall–Kier alpha value is -2.26. The maximum Gasteiger partial charge on any atom is 0.404 e. The number of benzene rings is 1. The summed E-state index contributed by atoms with van der Waals surface area (Å²) >= 11 is 0. The van der Waals surface area contributed by atoms with E-state index in [0.29, 0.717) is 12.1 Å². The van der Waals surface area contributed by atoms with Gasteiger partial charge in [0.1, 0.15) is 0 Å². The fraction of sp³-hybridized carbons (Fsp3) is 0.273. The van der Waals surface area contributed by atoms with Crippen molar-refractivity contribution in [1.82, 2.24) is 0 Å². The third kappa shape index (κ3) is 3.64. The molecule has 0 aliphatic heterocycles. The molecule has 0 aliphatic carbocycles. The van der Waals surface area contributed by atoms with E-state index in [4.69, 9.17) is 10.2 Å². The van der Waals surface area contributed by atoms with Gasteiger partial charge in [-0.25, -0.2) is 9.59 Å². The van der Waals surface area contributed by atoms with Crippen LogP contribution < -0.4 is 0 Å². The van der Waals surface area contributed by atoms with Crippen molar-refractivity contribution in [3.63, 3.8) is 0 Å². The van der Waals surface area contributed by atoms with Crippen LogP contribution in [0.5, 0.6) is 0 Å². The summed E-state index contributed by atoms with van der Waals surface area (Å²) < 4.78 is 75.1. The molecular weight excluding hydrogens is 310 g/mol. The lowest BCUT2D eigenvalue weighted by Crippen LogP contribution is -2.34. The van der Waals surface area contributed by atoms with Crippen molar-refractivity contribution in [2.75, 3.05) is 0 Å². The molecule has 10 heteroatoms. The molecule has 0 aromatic heterocycles. The lowest BCUT2D eigenvalue weighted by molar-refractivity contribution is -0.253. The van der Waals surface area contributed by atoms with Gasteiger partial charge in [0.2, 0.25) is 0 Å². The molecule has 120 valence electrons. The molecule has 4 nitrogen and oxygen atoms in total. The minimum atomic E-state index is -5.70. The highest BCUT2D eigenvalue weighted by Gasteiger charge is 2.57. The van der Waals surface area contributed by atoms with E-state index in [1.54, 1.807) is 0 Å². The first-order chi connectivity index (χ1) is 9.35. The molecule has 0 heterocycles. The largest absolute Gasteiger partial charge is 1.00 e. The number of alkyl halides is 6. The van der Waals surface area contributed by atoms with Crippen LogP contribution in [-0.4, -0.2) is 34.5 Å². The average molecular weight is 318 g/mol. The second kappa shape index (κ2) is 5.26. The van der Waals surface area contributed by atoms with Crippen LogP contribution >= 0.6 is 0 Å². The van der Waals surface area contributed by atoms with Gasteiger partial charge in [0.15, 0.2) is 5.92 Å². The van der Waals surface area contributed by atoms with Gasteiger partial charge in [0.05, 0.1) is 11.1 Å². The molecule has 1 aromatic rings. The third-order valence-corrected chi connectivity index (χ3v) is 2.49. The van der Waals surface area contributed by atoms with Crippen LogP contribution in [0.3, 0.4) is 0 Å². The summed E-state index contributed by atoms with van der Waals surface area (Å²) in [4.78, 5) is 21.5. The molecule has 2 N–H and O–H groups in total. The predicted octanol–water partition coefficient (Wildman–Crippen LogP) is 3.52. The van der Waals surface area contributed by atoms with Crippen LogP contribution in [-0.2, 0) is 0 Å². The Morgan fingerprint density at radius 2 is 1.33 bits per heavy atom. The predicted molar refractivity (Wildman–Crippen MR) is 57.4 cm³/mol. The van der Waals surface area contributed by atoms with Crippen LogP contribution in [0, 0.1) is 0 Å². The molecule has 0 saturated heterocycles. The second-order valence-electron chi connectivity index (χ2n) is 3.93. The molecule has 0 unspecified atom stereocenters. The van der Waals surface area contributed by atoms with Gasteiger partial charge >= 0.3 is 24.3 Å². The van der Waals surface area contributed by atoms with Gasteiger partial charge in [-0.3, -0.25) is 0 Å². The zero-order valence-corrected chi connectivity index (χ0v) is 9.79. The molecule has 0 atom stereocenters. The molecule has 0 spiro atoms. The summed E-state index contributed by atoms with van der Waals surface area (Å²) in [7, 11) is 0. The number of hydrogen-bond acceptors (Lipinski definition) is 2. The van der Waals surface area contributed by atoms with E-state index in [2.05, 4.69) is 0 Å². The molecule has 0 radical (unpaired) electrons. The summed E-state index contributed by atoms with van der Waals surface area (Å²) in [5.41, 5.74) is -3.45. The smallest absolute Gasteiger partial charge is 0.404 e. The van der Waals surface area contributed by atoms with Gasteiger partial charge in [0.25, 0.3) is 0 Å². The maximum atomic E-state index is 12.5. The SMILES string of the molecule is O=C(O)c1ccc(C(C(F)(F)F)C(F)(F)F)cc1C(=O)O.[H-].[H-]. The molecule has 0 bridgehead atoms. The van der Waals surface area contributed by atoms with Crippen LogP contribution in [0.1, 0.15) is 35.1 Å². The van der Waals surface area contributed by atoms with Gasteiger partial charge < -0.3 is 13.1 Å². The minimum absolute atomic E-state index is 0. The molecule has 1 rings (SSSR count). The molecule has 21 heavy (non-hydrogen) atoms. The van der Waals surface area contributed by atoms with E-state index in [9.17, 15) is 35.9 Å². The first kappa shape index (κ1) is 16.8. The molecule has 0 saturated carbocycles. The highest BCUT2D eigenvalue weighted by molar-refractivity contribution is 6.01. The number of carboxylic acid groups (broad SMARTS) is 2. The van der Waals surface area contributed by atoms with Gasteiger partial charge in [0, 0.05) is 0 Å². The van der Waals surface area contributed by atoms with E-state index >= 15 is 0 Å². The second-order valence-corrected chi connectivity index (χ2v) is 3.93. The van der Waals surface area contributed by atoms with E-state index in [-0.39, 0.29) is 8.92 Å². The number of rotatable bonds is 3. The van der Waals surface area contributed by atoms with Gasteiger partial charge in [-0.2, -0.15) is 26.3 Å². The monoisotopic (exact) mass is 318 g/mol. The average Bonchev–Trinajstić information content (AvgIpc) is 2.24. The molecule has 0 amide bonds. The molecular formula is C11H8F6O4-2. The van der Waals surface area contributed by atoms with Crippen molar-refractivity contribution in [2.24, 2.45) is 0 Å². The quantitative estimate of drug-likeness (QED) is 0.836. The van der Waals surface area contributed by atoms with Crippen molar-refractivity contribution in [1.29, 1.82) is 0 Å². The van der Waals surface area contributed by atoms with Gasteiger partial charge in [-0.15, -0.1) is 0 Å². The van der Waals surface area contributed by atoms with Crippen LogP contribution in [0.4, 0.5) is 26.3 Å². The van der Waals surface area contributed by atoms with E-state index in [1.165, 1.54) is 0 Å². The number of halogens is 6. The van der Waals surface area contributed by atoms with E-state index in [1.807, 2.05) is 0 Å². The maximum absolute atomic E-state index is 12.5. The highest BCUT2D eigenvalue weighted by Crippen LogP contribution is 2.46. The zero-order chi connectivity index (χ0) is 16.6. The van der Waals surface area contributed by atoms with Crippen LogP contribution in [0.15, 0.2) is 18.2 Å². The van der Waals surface area contributed by atoms with Crippen LogP contribution in [0.25, 0.3) is 0 Å². The van der Waals surface area contributed by atoms with Crippen molar-refractivity contribution < 1.29 is 49.0 Å². The number of hydrogen-bond donors (Lipinski definition) is 2. The molecule has 1 aromatic carbocycles. The normalized spacial score (nSPS) is 12.5. The van der Waals surface area contributed by atoms with Crippen LogP contribution in [0.2, 0.25) is 0 Å². The lowest BCUT2D eigenvalue weighted by atomic mass is 9.93. The Morgan fingerprint density at radius 1 is 0.905 bits per heavy atom. The number of carbonyl (C=O) groups is 2. The summed E-state index contributed by atoms with van der Waals surface area (Å²) in [6.07, 6.45) is -11.4. The Morgan fingerprint density at radius 3 is 1.67 bits per heavy atom. The summed E-state index contributed by atoms with van der Waals surface area (Å²) in [6.45, 7) is 0. The first-order valence-corrected chi connectivity index (χ1v) is 5.09. The standard InChI is InChI=1S/C11H6F6O4.2H/c12-10(13,14)7(11(15,16)17)4-1-2-5(8(18)19)6(3-4)9(20)21;;/h1-3,7H,(H,18,19)(H,20,21);;/q;2*-1.